The minimum absolute atomic E-state index is 0.352. The molecule has 0 aromatic carbocycles. The molecule has 1 aliphatic rings. The monoisotopic (exact) mass is 256 g/mol. The normalized spacial score (nSPS) is 25.6. The van der Waals surface area contributed by atoms with Gasteiger partial charge in [-0.1, -0.05) is 13.8 Å². The lowest BCUT2D eigenvalue weighted by molar-refractivity contribution is 0.778. The van der Waals surface area contributed by atoms with Crippen molar-refractivity contribution in [2.24, 2.45) is 0 Å². The molecule has 2 heterocycles. The third kappa shape index (κ3) is 2.60. The first-order valence-electron chi connectivity index (χ1n) is 5.44. The summed E-state index contributed by atoms with van der Waals surface area (Å²) < 4.78 is 0. The van der Waals surface area contributed by atoms with Gasteiger partial charge in [0.1, 0.15) is 11.6 Å². The number of aryl methyl sites for hydroxylation is 1. The maximum absolute atomic E-state index is 5.71. The van der Waals surface area contributed by atoms with Crippen molar-refractivity contribution < 1.29 is 0 Å². The molecule has 2 atom stereocenters. The fraction of sp³-hybridized carbons (Fsp3) is 0.700. The molecule has 0 aliphatic carbocycles. The predicted octanol–water partition coefficient (Wildman–Crippen LogP) is 1.93. The molecule has 0 bridgehead atoms. The number of aromatic nitrogens is 3. The Kier molecular flexibility index (Phi) is 3.91. The molecule has 16 heavy (non-hydrogen) atoms. The molecule has 0 amide bonds. The van der Waals surface area contributed by atoms with Crippen LogP contribution in [0.5, 0.6) is 0 Å². The third-order valence-corrected chi connectivity index (χ3v) is 5.56. The Morgan fingerprint density at radius 3 is 2.69 bits per heavy atom. The van der Waals surface area contributed by atoms with Crippen LogP contribution in [0.3, 0.4) is 0 Å². The van der Waals surface area contributed by atoms with E-state index in [1.54, 1.807) is 0 Å². The number of nitrogens with zero attached hydrogens (tertiary/aromatic N) is 3. The first-order valence-corrected chi connectivity index (χ1v) is 7.54. The predicted molar refractivity (Wildman–Crippen MR) is 70.7 cm³/mol. The van der Waals surface area contributed by atoms with Crippen LogP contribution < -0.4 is 5.73 Å². The molecular weight excluding hydrogens is 240 g/mol. The Balaban J connectivity index is 2.27. The van der Waals surface area contributed by atoms with Crippen molar-refractivity contribution in [3.05, 3.63) is 11.6 Å². The molecule has 2 unspecified atom stereocenters. The quantitative estimate of drug-likeness (QED) is 0.872. The van der Waals surface area contributed by atoms with Gasteiger partial charge in [-0.3, -0.25) is 0 Å². The van der Waals surface area contributed by atoms with E-state index in [-0.39, 0.29) is 0 Å². The summed E-state index contributed by atoms with van der Waals surface area (Å²) in [6.07, 6.45) is 0.804. The average molecular weight is 256 g/mol. The van der Waals surface area contributed by atoms with Crippen LogP contribution in [0.2, 0.25) is 0 Å². The van der Waals surface area contributed by atoms with Gasteiger partial charge in [0.2, 0.25) is 5.95 Å². The summed E-state index contributed by atoms with van der Waals surface area (Å²) in [6.45, 7) is 4.26. The maximum Gasteiger partial charge on any atom is 0.223 e. The number of hydrogen-bond donors (Lipinski definition) is 1. The topological polar surface area (TPSA) is 64.7 Å². The number of nitrogens with two attached hydrogens (primary N) is 1. The summed E-state index contributed by atoms with van der Waals surface area (Å²) in [4.78, 5) is 12.9. The minimum atomic E-state index is 0.352. The van der Waals surface area contributed by atoms with Gasteiger partial charge in [0.15, 0.2) is 0 Å². The summed E-state index contributed by atoms with van der Waals surface area (Å²) in [5.41, 5.74) is 5.71. The molecule has 1 aromatic rings. The highest BCUT2D eigenvalue weighted by atomic mass is 32.2. The zero-order valence-electron chi connectivity index (χ0n) is 9.51. The van der Waals surface area contributed by atoms with Gasteiger partial charge in [0, 0.05) is 23.2 Å². The highest BCUT2D eigenvalue weighted by Gasteiger charge is 2.27. The molecule has 2 N–H and O–H groups in total. The zero-order valence-corrected chi connectivity index (χ0v) is 11.1. The molecule has 0 spiro atoms. The standard InChI is InChI=1S/C10H16N4S2/c1-3-7-12-9(14-10(11)13-7)8-6(2)15-4-5-16-8/h6,8H,3-5H2,1-2H3,(H2,11,12,13,14). The van der Waals surface area contributed by atoms with Gasteiger partial charge < -0.3 is 5.73 Å². The van der Waals surface area contributed by atoms with E-state index >= 15 is 0 Å². The van der Waals surface area contributed by atoms with Crippen LogP contribution in [0.15, 0.2) is 0 Å². The van der Waals surface area contributed by atoms with Gasteiger partial charge in [-0.2, -0.15) is 21.7 Å². The second-order valence-corrected chi connectivity index (χ2v) is 6.42. The Morgan fingerprint density at radius 1 is 1.25 bits per heavy atom. The van der Waals surface area contributed by atoms with Crippen molar-refractivity contribution in [2.75, 3.05) is 17.2 Å². The highest BCUT2D eigenvalue weighted by Crippen LogP contribution is 2.40. The van der Waals surface area contributed by atoms with Crippen molar-refractivity contribution in [3.63, 3.8) is 0 Å². The van der Waals surface area contributed by atoms with Crippen molar-refractivity contribution in [1.29, 1.82) is 0 Å². The van der Waals surface area contributed by atoms with E-state index < -0.39 is 0 Å². The molecule has 1 aliphatic heterocycles. The van der Waals surface area contributed by atoms with E-state index in [9.17, 15) is 0 Å². The van der Waals surface area contributed by atoms with Crippen LogP contribution in [0.4, 0.5) is 5.95 Å². The van der Waals surface area contributed by atoms with E-state index in [2.05, 4.69) is 21.9 Å². The Morgan fingerprint density at radius 2 is 2.00 bits per heavy atom. The molecule has 88 valence electrons. The van der Waals surface area contributed by atoms with Gasteiger partial charge in [0.05, 0.1) is 5.25 Å². The summed E-state index contributed by atoms with van der Waals surface area (Å²) in [6, 6.07) is 0. The van der Waals surface area contributed by atoms with Gasteiger partial charge >= 0.3 is 0 Å². The minimum Gasteiger partial charge on any atom is -0.368 e. The first kappa shape index (κ1) is 12.0. The van der Waals surface area contributed by atoms with Crippen molar-refractivity contribution in [3.8, 4) is 0 Å². The average Bonchev–Trinajstić information content (AvgIpc) is 2.28. The molecule has 6 heteroatoms. The lowest BCUT2D eigenvalue weighted by Gasteiger charge is -2.26. The number of rotatable bonds is 2. The summed E-state index contributed by atoms with van der Waals surface area (Å²) in [7, 11) is 0. The smallest absolute Gasteiger partial charge is 0.223 e. The molecular formula is C10H16N4S2. The van der Waals surface area contributed by atoms with Crippen molar-refractivity contribution >= 4 is 29.5 Å². The lowest BCUT2D eigenvalue weighted by atomic mass is 10.3. The van der Waals surface area contributed by atoms with Gasteiger partial charge in [-0.25, -0.2) is 4.98 Å². The van der Waals surface area contributed by atoms with Crippen LogP contribution in [0.1, 0.15) is 30.7 Å². The van der Waals surface area contributed by atoms with E-state index in [0.717, 1.165) is 23.8 Å². The van der Waals surface area contributed by atoms with E-state index in [4.69, 9.17) is 5.73 Å². The highest BCUT2D eigenvalue weighted by molar-refractivity contribution is 8.06. The van der Waals surface area contributed by atoms with E-state index in [1.165, 1.54) is 5.75 Å². The molecule has 0 saturated carbocycles. The molecule has 4 nitrogen and oxygen atoms in total. The van der Waals surface area contributed by atoms with E-state index in [0.29, 0.717) is 16.4 Å². The Hall–Kier alpha value is -0.490. The SMILES string of the molecule is CCc1nc(N)nc(C2SCCSC2C)n1. The Labute approximate surface area is 104 Å². The number of nitrogen functional groups attached to an aromatic ring is 1. The molecule has 0 radical (unpaired) electrons. The van der Waals surface area contributed by atoms with Crippen molar-refractivity contribution in [1.82, 2.24) is 15.0 Å². The van der Waals surface area contributed by atoms with Crippen LogP contribution in [-0.4, -0.2) is 31.7 Å². The lowest BCUT2D eigenvalue weighted by Crippen LogP contribution is -2.20. The first-order chi connectivity index (χ1) is 7.70. The fourth-order valence-corrected chi connectivity index (χ4v) is 4.35. The number of thioether (sulfide) groups is 2. The summed E-state index contributed by atoms with van der Waals surface area (Å²) in [5, 5.41) is 0.902. The maximum atomic E-state index is 5.71. The summed E-state index contributed by atoms with van der Waals surface area (Å²) in [5.74, 6) is 4.38. The number of hydrogen-bond acceptors (Lipinski definition) is 6. The second kappa shape index (κ2) is 5.23. The van der Waals surface area contributed by atoms with Gasteiger partial charge in [-0.05, 0) is 0 Å². The zero-order chi connectivity index (χ0) is 11.5. The molecule has 1 fully saturated rings. The van der Waals surface area contributed by atoms with E-state index in [1.807, 2.05) is 30.4 Å². The van der Waals surface area contributed by atoms with Crippen LogP contribution in [0, 0.1) is 0 Å². The molecule has 1 saturated heterocycles. The van der Waals surface area contributed by atoms with Crippen LogP contribution in [0.25, 0.3) is 0 Å². The van der Waals surface area contributed by atoms with Crippen LogP contribution in [-0.2, 0) is 6.42 Å². The summed E-state index contributed by atoms with van der Waals surface area (Å²) >= 11 is 3.90. The van der Waals surface area contributed by atoms with Gasteiger partial charge in [0.25, 0.3) is 0 Å². The largest absolute Gasteiger partial charge is 0.368 e. The Bertz CT molecular complexity index is 372. The number of anilines is 1. The van der Waals surface area contributed by atoms with Gasteiger partial charge in [-0.15, -0.1) is 11.8 Å². The molecule has 1 aromatic heterocycles. The third-order valence-electron chi connectivity index (χ3n) is 2.47. The molecule has 2 rings (SSSR count). The van der Waals surface area contributed by atoms with Crippen LogP contribution >= 0.6 is 23.5 Å². The fourth-order valence-electron chi connectivity index (χ4n) is 1.66. The second-order valence-electron chi connectivity index (χ2n) is 3.69. The van der Waals surface area contributed by atoms with Crippen molar-refractivity contribution in [2.45, 2.75) is 30.8 Å².